The van der Waals surface area contributed by atoms with Crippen molar-refractivity contribution < 1.29 is 18.7 Å². The molecule has 0 bridgehead atoms. The van der Waals surface area contributed by atoms with Crippen LogP contribution in [-0.2, 0) is 18.7 Å². The number of para-hydroxylation sites is 2. The molecule has 4 fully saturated rings. The smallest absolute Gasteiger partial charge is 0.306 e. The van der Waals surface area contributed by atoms with Gasteiger partial charge in [0.1, 0.15) is 31.5 Å². The van der Waals surface area contributed by atoms with E-state index in [1.807, 2.05) is 99.6 Å². The Kier molecular flexibility index (Phi) is 16.7. The Labute approximate surface area is 464 Å². The fourth-order valence-electron chi connectivity index (χ4n) is 11.5. The molecular formula is C58H73Cl2N11O4P2. The van der Waals surface area contributed by atoms with Crippen molar-refractivity contribution in [2.24, 2.45) is 22.5 Å². The van der Waals surface area contributed by atoms with Gasteiger partial charge in [0.15, 0.2) is 0 Å². The summed E-state index contributed by atoms with van der Waals surface area (Å²) in [6, 6.07) is 31.1. The molecular weight excluding hydrogens is 1050 g/mol. The molecule has 4 aliphatic rings. The molecule has 0 radical (unpaired) electrons. The monoisotopic (exact) mass is 1120 g/mol. The van der Waals surface area contributed by atoms with E-state index in [0.29, 0.717) is 62.8 Å². The summed E-state index contributed by atoms with van der Waals surface area (Å²) < 4.78 is 30.9. The van der Waals surface area contributed by atoms with Crippen molar-refractivity contribution in [3.63, 3.8) is 0 Å². The zero-order valence-electron chi connectivity index (χ0n) is 45.3. The topological polar surface area (TPSA) is 193 Å². The summed E-state index contributed by atoms with van der Waals surface area (Å²) in [5, 5.41) is 16.0. The van der Waals surface area contributed by atoms with E-state index in [2.05, 4.69) is 57.1 Å². The zero-order valence-corrected chi connectivity index (χ0v) is 48.6. The van der Waals surface area contributed by atoms with Crippen molar-refractivity contribution in [1.29, 1.82) is 0 Å². The summed E-state index contributed by atoms with van der Waals surface area (Å²) in [4.78, 5) is 34.8. The lowest BCUT2D eigenvalue weighted by Gasteiger charge is -2.52. The summed E-state index contributed by atoms with van der Waals surface area (Å²) >= 11 is 13.5. The van der Waals surface area contributed by atoms with Gasteiger partial charge in [-0.25, -0.2) is 9.97 Å². The maximum Gasteiger partial charge on any atom is 0.306 e. The molecule has 2 spiro atoms. The molecule has 19 heteroatoms. The Morgan fingerprint density at radius 1 is 0.636 bits per heavy atom. The van der Waals surface area contributed by atoms with Gasteiger partial charge in [0.05, 0.1) is 32.8 Å². The number of halogens is 2. The van der Waals surface area contributed by atoms with Crippen LogP contribution in [0.25, 0.3) is 0 Å². The average molecular weight is 1120 g/mol. The van der Waals surface area contributed by atoms with Crippen LogP contribution in [0.3, 0.4) is 0 Å². The number of nitrogens with two attached hydrogens (primary N) is 1. The first-order valence-corrected chi connectivity index (χ1v) is 32.6. The summed E-state index contributed by atoms with van der Waals surface area (Å²) in [6.07, 6.45) is 13.0. The molecule has 2 aliphatic carbocycles. The first-order valence-electron chi connectivity index (χ1n) is 26.6. The van der Waals surface area contributed by atoms with Crippen molar-refractivity contribution >= 4 is 112 Å². The molecule has 0 amide bonds. The molecule has 6 aromatic rings. The van der Waals surface area contributed by atoms with Crippen molar-refractivity contribution in [1.82, 2.24) is 19.9 Å². The Morgan fingerprint density at radius 3 is 1.44 bits per heavy atom. The minimum atomic E-state index is -2.46. The number of piperidine rings is 2. The number of rotatable bonds is 14. The van der Waals surface area contributed by atoms with E-state index in [4.69, 9.17) is 33.7 Å². The summed E-state index contributed by atoms with van der Waals surface area (Å²) in [6.45, 7) is 16.7. The molecule has 2 saturated heterocycles. The van der Waals surface area contributed by atoms with Gasteiger partial charge in [-0.2, -0.15) is 9.97 Å². The molecule has 77 heavy (non-hydrogen) atoms. The number of aromatic nitrogens is 4. The third-order valence-electron chi connectivity index (χ3n) is 15.3. The van der Waals surface area contributed by atoms with E-state index in [9.17, 15) is 13.9 Å². The number of nitrogens with one attached hydrogen (secondary N) is 4. The number of carbonyl (C=O) groups is 1. The molecule has 2 saturated carbocycles. The average Bonchev–Trinajstić information content (AvgIpc) is 3.38. The molecule has 0 atom stereocenters. The van der Waals surface area contributed by atoms with Gasteiger partial charge < -0.3 is 50.7 Å². The van der Waals surface area contributed by atoms with E-state index in [1.54, 1.807) is 51.2 Å². The van der Waals surface area contributed by atoms with E-state index in [1.165, 1.54) is 12.8 Å². The van der Waals surface area contributed by atoms with Gasteiger partial charge in [0.25, 0.3) is 0 Å². The molecule has 4 aromatic carbocycles. The second kappa shape index (κ2) is 23.0. The maximum absolute atomic E-state index is 12.7. The number of anilines is 10. The van der Waals surface area contributed by atoms with Gasteiger partial charge in [-0.3, -0.25) is 4.79 Å². The van der Waals surface area contributed by atoms with Gasteiger partial charge in [-0.1, -0.05) is 47.5 Å². The van der Waals surface area contributed by atoms with Crippen LogP contribution in [0.2, 0.25) is 10.0 Å². The number of carbonyl (C=O) groups excluding carboxylic acids is 1. The van der Waals surface area contributed by atoms with Crippen molar-refractivity contribution in [2.45, 2.75) is 90.2 Å². The first-order chi connectivity index (χ1) is 36.5. The summed E-state index contributed by atoms with van der Waals surface area (Å²) in [5.41, 5.74) is 11.7. The molecule has 15 nitrogen and oxygen atoms in total. The normalized spacial score (nSPS) is 17.4. The molecule has 2 aromatic heterocycles. The lowest BCUT2D eigenvalue weighted by molar-refractivity contribution is -0.158. The quantitative estimate of drug-likeness (QED) is 0.0511. The highest BCUT2D eigenvalue weighted by Gasteiger charge is 2.47. The third kappa shape index (κ3) is 14.3. The van der Waals surface area contributed by atoms with Crippen LogP contribution in [0.4, 0.5) is 57.7 Å². The van der Waals surface area contributed by atoms with E-state index in [-0.39, 0.29) is 5.97 Å². The van der Waals surface area contributed by atoms with E-state index in [0.717, 1.165) is 109 Å². The van der Waals surface area contributed by atoms with Gasteiger partial charge in [0.2, 0.25) is 11.9 Å². The second-order valence-corrected chi connectivity index (χ2v) is 30.5. The second-order valence-electron chi connectivity index (χ2n) is 23.3. The highest BCUT2D eigenvalue weighted by atomic mass is 35.5. The van der Waals surface area contributed by atoms with Gasteiger partial charge in [-0.05, 0) is 188 Å². The zero-order chi connectivity index (χ0) is 54.8. The summed E-state index contributed by atoms with van der Waals surface area (Å²) in [7, 11) is -4.90. The molecule has 10 rings (SSSR count). The third-order valence-corrected chi connectivity index (χ3v) is 19.0. The Hall–Kier alpha value is -5.69. The van der Waals surface area contributed by atoms with Gasteiger partial charge in [-0.15, -0.1) is 0 Å². The van der Waals surface area contributed by atoms with Gasteiger partial charge >= 0.3 is 5.97 Å². The van der Waals surface area contributed by atoms with Crippen molar-refractivity contribution in [2.75, 3.05) is 83.9 Å². The van der Waals surface area contributed by atoms with Crippen LogP contribution >= 0.6 is 37.5 Å². The Balaban J connectivity index is 0.000000191. The predicted molar refractivity (Wildman–Crippen MR) is 319 cm³/mol. The van der Waals surface area contributed by atoms with E-state index >= 15 is 0 Å². The number of hydrogen-bond donors (Lipinski definition) is 5. The number of ether oxygens (including phenoxy) is 1. The van der Waals surface area contributed by atoms with Crippen LogP contribution in [0.1, 0.15) is 78.6 Å². The van der Waals surface area contributed by atoms with Crippen molar-refractivity contribution in [3.8, 4) is 0 Å². The molecule has 408 valence electrons. The lowest BCUT2D eigenvalue weighted by atomic mass is 9.57. The standard InChI is InChI=1S/C32H41ClN5O3P.C26H32ClN6OP/c1-31(2,3)41-29(39)18-22-20-32(21-22)13-16-38(17-14-32)26-11-10-23(19-24(26)33)35-30-34-15-12-28(37-30)36-25-8-6-7-9-27(25)42(4,5)40;1-35(2,34)23-6-4-3-5-21(23)31-24-9-12-29-25(32-24)30-19-7-8-22(20(27)15-19)33-13-10-26(11-14-33)16-18(28)17-26/h6-12,15,19,22H,13-14,16-18,20-21H2,1-5H3,(H2,34,35,36,37);3-9,12,15,18H,10-11,13-14,16-17,28H2,1-2H3,(H2,29,30,31,32). The fraction of sp³-hybridized carbons (Fsp3) is 0.431. The fourth-order valence-corrected chi connectivity index (χ4v) is 14.4. The molecule has 0 unspecified atom stereocenters. The summed E-state index contributed by atoms with van der Waals surface area (Å²) in [5.74, 6) is 2.46. The largest absolute Gasteiger partial charge is 0.460 e. The Morgan fingerprint density at radius 2 is 1.05 bits per heavy atom. The van der Waals surface area contributed by atoms with Crippen LogP contribution in [0.5, 0.6) is 0 Å². The lowest BCUT2D eigenvalue weighted by Crippen LogP contribution is -2.52. The minimum absolute atomic E-state index is 0.0801. The number of esters is 1. The minimum Gasteiger partial charge on any atom is -0.460 e. The molecule has 4 heterocycles. The van der Waals surface area contributed by atoms with Crippen LogP contribution < -0.4 is 47.4 Å². The van der Waals surface area contributed by atoms with E-state index < -0.39 is 19.9 Å². The molecule has 6 N–H and O–H groups in total. The maximum atomic E-state index is 12.7. The Bertz CT molecular complexity index is 3170. The van der Waals surface area contributed by atoms with Crippen LogP contribution in [-0.4, -0.2) is 90.4 Å². The number of hydrogen-bond acceptors (Lipinski definition) is 15. The van der Waals surface area contributed by atoms with Crippen LogP contribution in [0.15, 0.2) is 109 Å². The SMILES string of the molecule is CC(C)(C)OC(=O)CC1CC2(CCN(c3ccc(Nc4nccc(Nc5ccccc5P(C)(C)=O)n4)cc3Cl)CC2)C1.CP(C)(=O)c1ccccc1Nc1ccnc(Nc2ccc(N3CCC4(CC3)CC(N)C4)c(Cl)c2)n1. The number of nitrogens with zero attached hydrogens (tertiary/aromatic N) is 6. The van der Waals surface area contributed by atoms with Gasteiger partial charge in [0, 0.05) is 73.0 Å². The van der Waals surface area contributed by atoms with Crippen molar-refractivity contribution in [3.05, 3.63) is 120 Å². The first kappa shape index (κ1) is 56.0. The number of benzene rings is 4. The highest BCUT2D eigenvalue weighted by Crippen LogP contribution is 2.55. The highest BCUT2D eigenvalue weighted by molar-refractivity contribution is 7.70. The predicted octanol–water partition coefficient (Wildman–Crippen LogP) is 13.2. The molecule has 2 aliphatic heterocycles. The van der Waals surface area contributed by atoms with Crippen LogP contribution in [0, 0.1) is 16.7 Å².